The highest BCUT2D eigenvalue weighted by molar-refractivity contribution is 6.05. The molecule has 0 N–H and O–H groups in total. The van der Waals surface area contributed by atoms with Crippen LogP contribution in [0.3, 0.4) is 0 Å². The summed E-state index contributed by atoms with van der Waals surface area (Å²) >= 11 is 0. The van der Waals surface area contributed by atoms with Gasteiger partial charge in [-0.15, -0.1) is 0 Å². The van der Waals surface area contributed by atoms with Crippen LogP contribution < -0.4 is 4.90 Å². The van der Waals surface area contributed by atoms with Crippen molar-refractivity contribution >= 4 is 23.6 Å². The molecule has 0 aliphatic carbocycles. The van der Waals surface area contributed by atoms with Crippen LogP contribution in [0.15, 0.2) is 54.6 Å². The molecule has 0 unspecified atom stereocenters. The van der Waals surface area contributed by atoms with Gasteiger partial charge < -0.3 is 9.80 Å². The summed E-state index contributed by atoms with van der Waals surface area (Å²) in [6.45, 7) is 2.52. The van der Waals surface area contributed by atoms with E-state index in [4.69, 9.17) is 0 Å². The Kier molecular flexibility index (Phi) is 4.07. The summed E-state index contributed by atoms with van der Waals surface area (Å²) in [6.07, 6.45) is 3.66. The van der Waals surface area contributed by atoms with E-state index < -0.39 is 6.04 Å². The zero-order valence-corrected chi connectivity index (χ0v) is 14.4. The van der Waals surface area contributed by atoms with Gasteiger partial charge in [0, 0.05) is 18.3 Å². The van der Waals surface area contributed by atoms with Gasteiger partial charge in [-0.1, -0.05) is 24.3 Å². The highest BCUT2D eigenvalue weighted by Gasteiger charge is 2.51. The molecule has 4 nitrogen and oxygen atoms in total. The van der Waals surface area contributed by atoms with Gasteiger partial charge in [0.1, 0.15) is 11.9 Å². The van der Waals surface area contributed by atoms with Gasteiger partial charge in [0.15, 0.2) is 0 Å². The number of aryl methyl sites for hydroxylation is 1. The number of piperazine rings is 1. The lowest BCUT2D eigenvalue weighted by Gasteiger charge is -2.33. The molecule has 2 atom stereocenters. The zero-order valence-electron chi connectivity index (χ0n) is 14.4. The van der Waals surface area contributed by atoms with Crippen molar-refractivity contribution in [3.63, 3.8) is 0 Å². The van der Waals surface area contributed by atoms with Crippen molar-refractivity contribution in [1.82, 2.24) is 4.90 Å². The number of likely N-dealkylation sites (tertiary alicyclic amines) is 1. The molecule has 2 aromatic rings. The van der Waals surface area contributed by atoms with Crippen LogP contribution in [-0.4, -0.2) is 35.3 Å². The first-order valence-corrected chi connectivity index (χ1v) is 8.67. The number of carbonyl (C=O) groups excluding carboxylic acids is 2. The van der Waals surface area contributed by atoms with E-state index >= 15 is 0 Å². The molecule has 132 valence electrons. The van der Waals surface area contributed by atoms with Crippen LogP contribution in [0.4, 0.5) is 10.1 Å². The van der Waals surface area contributed by atoms with Gasteiger partial charge in [-0.3, -0.25) is 9.59 Å². The fourth-order valence-electron chi connectivity index (χ4n) is 3.81. The minimum absolute atomic E-state index is 0.0146. The van der Waals surface area contributed by atoms with Crippen molar-refractivity contribution < 1.29 is 14.0 Å². The molecule has 0 radical (unpaired) electrons. The smallest absolute Gasteiger partial charge is 0.250 e. The molecule has 4 rings (SSSR count). The van der Waals surface area contributed by atoms with E-state index in [1.165, 1.54) is 18.2 Å². The summed E-state index contributed by atoms with van der Waals surface area (Å²) in [5.41, 5.74) is 2.62. The number of hydrogen-bond acceptors (Lipinski definition) is 2. The third-order valence-corrected chi connectivity index (χ3v) is 5.00. The zero-order chi connectivity index (χ0) is 18.3. The molecule has 26 heavy (non-hydrogen) atoms. The Morgan fingerprint density at radius 2 is 2.00 bits per heavy atom. The number of halogens is 1. The fraction of sp³-hybridized carbons (Fsp3) is 0.238. The Labute approximate surface area is 151 Å². The van der Waals surface area contributed by atoms with Gasteiger partial charge in [-0.2, -0.15) is 0 Å². The van der Waals surface area contributed by atoms with Gasteiger partial charge in [0.2, 0.25) is 11.8 Å². The quantitative estimate of drug-likeness (QED) is 0.798. The van der Waals surface area contributed by atoms with E-state index in [0.717, 1.165) is 11.3 Å². The second-order valence-electron chi connectivity index (χ2n) is 6.83. The number of hydrogen-bond donors (Lipinski definition) is 0. The SMILES string of the molecule is Cc1cccc(N2C(=O)[C@@H]3C[C@H]2CN3C(=O)/C=C/c2cccc(F)c2)c1. The van der Waals surface area contributed by atoms with Gasteiger partial charge in [0.25, 0.3) is 0 Å². The second-order valence-corrected chi connectivity index (χ2v) is 6.83. The largest absolute Gasteiger partial charge is 0.325 e. The summed E-state index contributed by atoms with van der Waals surface area (Å²) in [4.78, 5) is 28.7. The first kappa shape index (κ1) is 16.5. The van der Waals surface area contributed by atoms with E-state index in [-0.39, 0.29) is 23.7 Å². The molecule has 2 amide bonds. The van der Waals surface area contributed by atoms with Crippen LogP contribution in [0.1, 0.15) is 17.5 Å². The molecule has 2 aromatic carbocycles. The number of amides is 2. The molecule has 2 aliphatic rings. The second kappa shape index (κ2) is 6.41. The normalized spacial score (nSPS) is 21.8. The number of anilines is 1. The maximum atomic E-state index is 13.2. The summed E-state index contributed by atoms with van der Waals surface area (Å²) in [6, 6.07) is 13.5. The van der Waals surface area contributed by atoms with Gasteiger partial charge in [-0.05, 0) is 54.8 Å². The lowest BCUT2D eigenvalue weighted by atomic mass is 10.1. The maximum Gasteiger partial charge on any atom is 0.250 e. The standard InChI is InChI=1S/C21H19FN2O2/c1-14-4-2-7-17(10-14)24-18-12-19(21(24)26)23(13-18)20(25)9-8-15-5-3-6-16(22)11-15/h2-11,18-19H,12-13H2,1H3/b9-8+/t18-,19-/m0/s1. The Balaban J connectivity index is 1.49. The number of rotatable bonds is 3. The van der Waals surface area contributed by atoms with Gasteiger partial charge in [-0.25, -0.2) is 4.39 Å². The van der Waals surface area contributed by atoms with Crippen molar-refractivity contribution in [3.05, 3.63) is 71.6 Å². The topological polar surface area (TPSA) is 40.6 Å². The molecule has 2 bridgehead atoms. The highest BCUT2D eigenvalue weighted by atomic mass is 19.1. The van der Waals surface area contributed by atoms with E-state index in [1.807, 2.05) is 36.1 Å². The minimum atomic E-state index is -0.412. The molecule has 5 heteroatoms. The molecule has 0 saturated carbocycles. The molecule has 2 saturated heterocycles. The first-order valence-electron chi connectivity index (χ1n) is 8.67. The molecule has 0 spiro atoms. The third kappa shape index (κ3) is 2.90. The van der Waals surface area contributed by atoms with Crippen molar-refractivity contribution in [3.8, 4) is 0 Å². The highest BCUT2D eigenvalue weighted by Crippen LogP contribution is 2.36. The lowest BCUT2D eigenvalue weighted by Crippen LogP contribution is -2.52. The average Bonchev–Trinajstić information content (AvgIpc) is 3.18. The number of benzene rings is 2. The number of fused-ring (bicyclic) bond motifs is 2. The van der Waals surface area contributed by atoms with Crippen LogP contribution in [0.25, 0.3) is 6.08 Å². The van der Waals surface area contributed by atoms with Crippen molar-refractivity contribution in [2.24, 2.45) is 0 Å². The van der Waals surface area contributed by atoms with E-state index in [9.17, 15) is 14.0 Å². The van der Waals surface area contributed by atoms with Crippen molar-refractivity contribution in [2.45, 2.75) is 25.4 Å². The summed E-state index contributed by atoms with van der Waals surface area (Å²) in [5, 5.41) is 0. The Morgan fingerprint density at radius 3 is 2.73 bits per heavy atom. The Morgan fingerprint density at radius 1 is 1.19 bits per heavy atom. The maximum absolute atomic E-state index is 13.2. The van der Waals surface area contributed by atoms with Crippen LogP contribution in [-0.2, 0) is 9.59 Å². The summed E-state index contributed by atoms with van der Waals surface area (Å²) in [5.74, 6) is -0.581. The lowest BCUT2D eigenvalue weighted by molar-refractivity contribution is -0.134. The minimum Gasteiger partial charge on any atom is -0.325 e. The summed E-state index contributed by atoms with van der Waals surface area (Å²) < 4.78 is 13.2. The van der Waals surface area contributed by atoms with Crippen LogP contribution in [0, 0.1) is 12.7 Å². The van der Waals surface area contributed by atoms with E-state index in [1.54, 1.807) is 23.1 Å². The van der Waals surface area contributed by atoms with Crippen molar-refractivity contribution in [2.75, 3.05) is 11.4 Å². The molecular weight excluding hydrogens is 331 g/mol. The Bertz CT molecular complexity index is 908. The summed E-state index contributed by atoms with van der Waals surface area (Å²) in [7, 11) is 0. The molecule has 2 heterocycles. The van der Waals surface area contributed by atoms with Crippen LogP contribution >= 0.6 is 0 Å². The first-order chi connectivity index (χ1) is 12.5. The monoisotopic (exact) mass is 350 g/mol. The molecular formula is C21H19FN2O2. The number of nitrogens with zero attached hydrogens (tertiary/aromatic N) is 2. The molecule has 2 fully saturated rings. The van der Waals surface area contributed by atoms with E-state index in [2.05, 4.69) is 0 Å². The number of carbonyl (C=O) groups is 2. The third-order valence-electron chi connectivity index (χ3n) is 5.00. The predicted molar refractivity (Wildman–Crippen MR) is 98.0 cm³/mol. The van der Waals surface area contributed by atoms with Gasteiger partial charge in [0.05, 0.1) is 6.04 Å². The average molecular weight is 350 g/mol. The fourth-order valence-corrected chi connectivity index (χ4v) is 3.81. The Hall–Kier alpha value is -2.95. The predicted octanol–water partition coefficient (Wildman–Crippen LogP) is 3.16. The van der Waals surface area contributed by atoms with Gasteiger partial charge >= 0.3 is 0 Å². The van der Waals surface area contributed by atoms with Crippen molar-refractivity contribution in [1.29, 1.82) is 0 Å². The molecule has 2 aliphatic heterocycles. The van der Waals surface area contributed by atoms with Crippen LogP contribution in [0.2, 0.25) is 0 Å². The van der Waals surface area contributed by atoms with Crippen LogP contribution in [0.5, 0.6) is 0 Å². The van der Waals surface area contributed by atoms with E-state index in [0.29, 0.717) is 18.5 Å². The molecule has 0 aromatic heterocycles.